The van der Waals surface area contributed by atoms with Gasteiger partial charge < -0.3 is 10.5 Å². The van der Waals surface area contributed by atoms with Crippen LogP contribution in [0.1, 0.15) is 5.69 Å². The van der Waals surface area contributed by atoms with Gasteiger partial charge in [0, 0.05) is 6.07 Å². The molecule has 0 atom stereocenters. The molecule has 0 spiro atoms. The average molecular weight is 230 g/mol. The second kappa shape index (κ2) is 4.45. The minimum absolute atomic E-state index is 0.163. The minimum Gasteiger partial charge on any atom is -0.435 e. The number of rotatable bonds is 2. The molecule has 6 heteroatoms. The van der Waals surface area contributed by atoms with Crippen molar-refractivity contribution in [3.05, 3.63) is 42.1 Å². The van der Waals surface area contributed by atoms with E-state index < -0.39 is 5.82 Å². The number of ether oxygens (including phenoxy) is 1. The highest BCUT2D eigenvalue weighted by molar-refractivity contribution is 5.53. The Morgan fingerprint density at radius 1 is 1.29 bits per heavy atom. The van der Waals surface area contributed by atoms with Gasteiger partial charge in [0.05, 0.1) is 18.1 Å². The first-order valence-electron chi connectivity index (χ1n) is 4.64. The summed E-state index contributed by atoms with van der Waals surface area (Å²) in [5.41, 5.74) is 5.91. The minimum atomic E-state index is -0.444. The second-order valence-corrected chi connectivity index (χ2v) is 3.14. The van der Waals surface area contributed by atoms with Crippen molar-refractivity contribution in [2.45, 2.75) is 0 Å². The van der Waals surface area contributed by atoms with Crippen LogP contribution in [0.2, 0.25) is 0 Å². The zero-order chi connectivity index (χ0) is 12.3. The summed E-state index contributed by atoms with van der Waals surface area (Å²) in [5, 5.41) is 8.54. The van der Waals surface area contributed by atoms with Crippen molar-refractivity contribution in [2.75, 3.05) is 5.73 Å². The van der Waals surface area contributed by atoms with E-state index in [1.807, 2.05) is 6.07 Å². The molecule has 1 aromatic carbocycles. The lowest BCUT2D eigenvalue weighted by atomic mass is 10.3. The normalized spacial score (nSPS) is 9.65. The van der Waals surface area contributed by atoms with Crippen LogP contribution in [0.4, 0.5) is 10.1 Å². The van der Waals surface area contributed by atoms with E-state index in [0.29, 0.717) is 0 Å². The monoisotopic (exact) mass is 230 g/mol. The number of benzene rings is 1. The van der Waals surface area contributed by atoms with Gasteiger partial charge in [-0.05, 0) is 12.1 Å². The fraction of sp³-hybridized carbons (Fsp3) is 0. The second-order valence-electron chi connectivity index (χ2n) is 3.14. The number of nitrogens with two attached hydrogens (primary N) is 1. The first-order valence-corrected chi connectivity index (χ1v) is 4.64. The Morgan fingerprint density at radius 3 is 2.71 bits per heavy atom. The van der Waals surface area contributed by atoms with Crippen molar-refractivity contribution in [2.24, 2.45) is 0 Å². The maximum absolute atomic E-state index is 12.8. The third-order valence-electron chi connectivity index (χ3n) is 1.93. The molecule has 0 unspecified atom stereocenters. The molecule has 2 rings (SSSR count). The molecule has 0 radical (unpaired) electrons. The number of hydrogen-bond acceptors (Lipinski definition) is 5. The van der Waals surface area contributed by atoms with Crippen LogP contribution in [-0.4, -0.2) is 9.97 Å². The van der Waals surface area contributed by atoms with Crippen molar-refractivity contribution < 1.29 is 9.13 Å². The van der Waals surface area contributed by atoms with Gasteiger partial charge in [-0.2, -0.15) is 5.26 Å². The fourth-order valence-electron chi connectivity index (χ4n) is 1.15. The lowest BCUT2D eigenvalue weighted by Crippen LogP contribution is -1.95. The van der Waals surface area contributed by atoms with Gasteiger partial charge in [-0.25, -0.2) is 14.4 Å². The molecule has 1 heterocycles. The van der Waals surface area contributed by atoms with Crippen LogP contribution in [-0.2, 0) is 0 Å². The number of nitriles is 1. The Morgan fingerprint density at radius 2 is 2.12 bits per heavy atom. The third-order valence-corrected chi connectivity index (χ3v) is 1.93. The Balaban J connectivity index is 2.23. The largest absolute Gasteiger partial charge is 0.435 e. The van der Waals surface area contributed by atoms with Crippen molar-refractivity contribution in [3.63, 3.8) is 0 Å². The van der Waals surface area contributed by atoms with Gasteiger partial charge in [0.2, 0.25) is 5.88 Å². The summed E-state index contributed by atoms with van der Waals surface area (Å²) in [5.74, 6) is 0.0217. The van der Waals surface area contributed by atoms with Gasteiger partial charge >= 0.3 is 0 Å². The number of nitrogens with zero attached hydrogens (tertiary/aromatic N) is 3. The summed E-state index contributed by atoms with van der Waals surface area (Å²) < 4.78 is 18.1. The van der Waals surface area contributed by atoms with Crippen LogP contribution in [0.3, 0.4) is 0 Å². The molecule has 2 aromatic rings. The van der Waals surface area contributed by atoms with E-state index in [1.54, 1.807) is 0 Å². The van der Waals surface area contributed by atoms with E-state index in [4.69, 9.17) is 15.7 Å². The van der Waals surface area contributed by atoms with Crippen LogP contribution in [0, 0.1) is 17.1 Å². The molecule has 5 nitrogen and oxygen atoms in total. The Bertz CT molecular complexity index is 577. The molecule has 0 aliphatic rings. The number of nitrogen functional groups attached to an aromatic ring is 1. The van der Waals surface area contributed by atoms with Crippen molar-refractivity contribution >= 4 is 5.69 Å². The Hall–Kier alpha value is -2.68. The van der Waals surface area contributed by atoms with Gasteiger partial charge in [-0.1, -0.05) is 0 Å². The number of aromatic nitrogens is 2. The standard InChI is InChI=1S/C11H7FN4O/c12-7-1-2-10(9(14)3-7)17-11-6-15-8(4-13)5-16-11/h1-3,5-6H,14H2. The van der Waals surface area contributed by atoms with Crippen LogP contribution >= 0.6 is 0 Å². The lowest BCUT2D eigenvalue weighted by Gasteiger charge is -2.06. The SMILES string of the molecule is N#Cc1cnc(Oc2ccc(F)cc2N)cn1. The molecule has 0 aliphatic carbocycles. The van der Waals surface area contributed by atoms with Crippen LogP contribution in [0.15, 0.2) is 30.6 Å². The van der Waals surface area contributed by atoms with Crippen molar-refractivity contribution in [1.82, 2.24) is 9.97 Å². The molecular weight excluding hydrogens is 223 g/mol. The van der Waals surface area contributed by atoms with Crippen LogP contribution in [0.5, 0.6) is 11.6 Å². The van der Waals surface area contributed by atoms with E-state index in [-0.39, 0.29) is 23.0 Å². The highest BCUT2D eigenvalue weighted by Gasteiger charge is 2.05. The van der Waals surface area contributed by atoms with Crippen LogP contribution < -0.4 is 10.5 Å². The summed E-state index contributed by atoms with van der Waals surface area (Å²) in [6, 6.07) is 5.60. The first kappa shape index (κ1) is 10.8. The van der Waals surface area contributed by atoms with Gasteiger partial charge in [0.1, 0.15) is 11.9 Å². The summed E-state index contributed by atoms with van der Waals surface area (Å²) >= 11 is 0. The topological polar surface area (TPSA) is 84.8 Å². The number of hydrogen-bond donors (Lipinski definition) is 1. The van der Waals surface area contributed by atoms with Gasteiger partial charge in [-0.3, -0.25) is 0 Å². The van der Waals surface area contributed by atoms with Crippen molar-refractivity contribution in [3.8, 4) is 17.7 Å². The predicted octanol–water partition coefficient (Wildman–Crippen LogP) is 1.86. The maximum atomic E-state index is 12.8. The zero-order valence-corrected chi connectivity index (χ0v) is 8.59. The summed E-state index contributed by atoms with van der Waals surface area (Å²) in [6.45, 7) is 0. The van der Waals surface area contributed by atoms with Crippen molar-refractivity contribution in [1.29, 1.82) is 5.26 Å². The van der Waals surface area contributed by atoms with E-state index >= 15 is 0 Å². The first-order chi connectivity index (χ1) is 8.19. The van der Waals surface area contributed by atoms with Gasteiger partial charge in [0.15, 0.2) is 11.4 Å². The smallest absolute Gasteiger partial charge is 0.238 e. The summed E-state index contributed by atoms with van der Waals surface area (Å²) in [6.07, 6.45) is 2.57. The molecule has 0 bridgehead atoms. The molecule has 2 N–H and O–H groups in total. The summed E-state index contributed by atoms with van der Waals surface area (Å²) in [7, 11) is 0. The Labute approximate surface area is 96.3 Å². The van der Waals surface area contributed by atoms with Gasteiger partial charge in [-0.15, -0.1) is 0 Å². The average Bonchev–Trinajstić information content (AvgIpc) is 2.34. The molecule has 0 aliphatic heterocycles. The fourth-order valence-corrected chi connectivity index (χ4v) is 1.15. The molecule has 0 fully saturated rings. The van der Waals surface area contributed by atoms with E-state index in [2.05, 4.69) is 9.97 Å². The van der Waals surface area contributed by atoms with E-state index in [9.17, 15) is 4.39 Å². The molecule has 17 heavy (non-hydrogen) atoms. The molecule has 0 saturated carbocycles. The molecule has 1 aromatic heterocycles. The van der Waals surface area contributed by atoms with E-state index in [1.165, 1.54) is 24.5 Å². The lowest BCUT2D eigenvalue weighted by molar-refractivity contribution is 0.460. The highest BCUT2D eigenvalue weighted by atomic mass is 19.1. The van der Waals surface area contributed by atoms with E-state index in [0.717, 1.165) is 6.07 Å². The highest BCUT2D eigenvalue weighted by Crippen LogP contribution is 2.26. The number of halogens is 1. The molecule has 0 amide bonds. The number of anilines is 1. The third kappa shape index (κ3) is 2.46. The molecular formula is C11H7FN4O. The Kier molecular flexibility index (Phi) is 2.83. The predicted molar refractivity (Wildman–Crippen MR) is 57.6 cm³/mol. The molecule has 0 saturated heterocycles. The van der Waals surface area contributed by atoms with Gasteiger partial charge in [0.25, 0.3) is 0 Å². The molecule has 84 valence electrons. The maximum Gasteiger partial charge on any atom is 0.238 e. The quantitative estimate of drug-likeness (QED) is 0.796. The summed E-state index contributed by atoms with van der Waals surface area (Å²) in [4.78, 5) is 7.63. The van der Waals surface area contributed by atoms with Crippen LogP contribution in [0.25, 0.3) is 0 Å². The zero-order valence-electron chi connectivity index (χ0n) is 8.59.